The molecule has 0 aromatic heterocycles. The fraction of sp³-hybridized carbons (Fsp3) is 0.333. The third-order valence-corrected chi connectivity index (χ3v) is 4.16. The third kappa shape index (κ3) is 2.69. The summed E-state index contributed by atoms with van der Waals surface area (Å²) in [6, 6.07) is 16.3. The molecular weight excluding hydrogens is 249 g/mol. The van der Waals surface area contributed by atoms with Crippen LogP contribution in [0.25, 0.3) is 0 Å². The molecule has 2 aromatic rings. The molecule has 1 heterocycles. The Morgan fingerprint density at radius 1 is 1.15 bits per heavy atom. The second-order valence-electron chi connectivity index (χ2n) is 5.61. The Morgan fingerprint density at radius 2 is 1.95 bits per heavy atom. The first-order valence-electron chi connectivity index (χ1n) is 7.31. The zero-order chi connectivity index (χ0) is 13.9. The van der Waals surface area contributed by atoms with Crippen LogP contribution in [0.2, 0.25) is 0 Å². The Hall–Kier alpha value is -1.83. The number of halogens is 1. The van der Waals surface area contributed by atoms with Crippen molar-refractivity contribution in [3.63, 3.8) is 0 Å². The van der Waals surface area contributed by atoms with Gasteiger partial charge in [-0.15, -0.1) is 0 Å². The molecule has 0 bridgehead atoms. The van der Waals surface area contributed by atoms with Gasteiger partial charge >= 0.3 is 0 Å². The largest absolute Gasteiger partial charge is 0.368 e. The average Bonchev–Trinajstić information content (AvgIpc) is 2.88. The summed E-state index contributed by atoms with van der Waals surface area (Å²) in [5, 5.41) is 0. The third-order valence-electron chi connectivity index (χ3n) is 4.16. The Kier molecular flexibility index (Phi) is 3.72. The highest BCUT2D eigenvalue weighted by Crippen LogP contribution is 2.30. The van der Waals surface area contributed by atoms with Gasteiger partial charge in [0.05, 0.1) is 0 Å². The van der Waals surface area contributed by atoms with E-state index in [2.05, 4.69) is 35.2 Å². The Morgan fingerprint density at radius 3 is 2.70 bits per heavy atom. The number of anilines is 1. The quantitative estimate of drug-likeness (QED) is 0.801. The van der Waals surface area contributed by atoms with Crippen LogP contribution >= 0.6 is 0 Å². The van der Waals surface area contributed by atoms with E-state index in [1.54, 1.807) is 12.1 Å². The molecule has 0 amide bonds. The Balaban J connectivity index is 1.82. The van der Waals surface area contributed by atoms with E-state index in [4.69, 9.17) is 0 Å². The minimum atomic E-state index is -0.148. The predicted octanol–water partition coefficient (Wildman–Crippen LogP) is 4.35. The van der Waals surface area contributed by atoms with Gasteiger partial charge in [0.1, 0.15) is 5.82 Å². The van der Waals surface area contributed by atoms with Crippen LogP contribution in [0.15, 0.2) is 48.5 Å². The highest BCUT2D eigenvalue weighted by Gasteiger charge is 2.25. The molecule has 2 aromatic carbocycles. The zero-order valence-electron chi connectivity index (χ0n) is 11.8. The van der Waals surface area contributed by atoms with Gasteiger partial charge in [0.15, 0.2) is 0 Å². The lowest BCUT2D eigenvalue weighted by Crippen LogP contribution is -2.31. The maximum absolute atomic E-state index is 13.3. The van der Waals surface area contributed by atoms with Gasteiger partial charge in [-0.25, -0.2) is 4.39 Å². The highest BCUT2D eigenvalue weighted by molar-refractivity contribution is 5.55. The fourth-order valence-electron chi connectivity index (χ4n) is 3.19. The van der Waals surface area contributed by atoms with Crippen molar-refractivity contribution in [3.05, 3.63) is 65.5 Å². The summed E-state index contributed by atoms with van der Waals surface area (Å²) in [5.74, 6) is -0.148. The summed E-state index contributed by atoms with van der Waals surface area (Å²) in [6.45, 7) is 3.07. The van der Waals surface area contributed by atoms with Gasteiger partial charge in [0, 0.05) is 18.3 Å². The number of hydrogen-bond acceptors (Lipinski definition) is 1. The summed E-state index contributed by atoms with van der Waals surface area (Å²) in [4.78, 5) is 2.45. The van der Waals surface area contributed by atoms with Crippen molar-refractivity contribution in [2.45, 2.75) is 32.2 Å². The van der Waals surface area contributed by atoms with E-state index >= 15 is 0 Å². The highest BCUT2D eigenvalue weighted by atomic mass is 19.1. The van der Waals surface area contributed by atoms with E-state index < -0.39 is 0 Å². The number of rotatable bonds is 3. The van der Waals surface area contributed by atoms with Crippen LogP contribution in [-0.4, -0.2) is 12.6 Å². The van der Waals surface area contributed by atoms with Gasteiger partial charge in [-0.2, -0.15) is 0 Å². The van der Waals surface area contributed by atoms with Crippen LogP contribution < -0.4 is 4.90 Å². The van der Waals surface area contributed by atoms with Crippen molar-refractivity contribution in [1.82, 2.24) is 0 Å². The SMILES string of the molecule is Cc1cc(F)ccc1N1CCCC1Cc1ccccc1. The molecule has 0 saturated carbocycles. The van der Waals surface area contributed by atoms with E-state index in [1.807, 2.05) is 13.0 Å². The molecule has 1 saturated heterocycles. The lowest BCUT2D eigenvalue weighted by atomic mass is 10.0. The Bertz CT molecular complexity index is 579. The summed E-state index contributed by atoms with van der Waals surface area (Å²) < 4.78 is 13.3. The van der Waals surface area contributed by atoms with Crippen molar-refractivity contribution >= 4 is 5.69 Å². The second-order valence-corrected chi connectivity index (χ2v) is 5.61. The van der Waals surface area contributed by atoms with E-state index in [0.717, 1.165) is 18.5 Å². The van der Waals surface area contributed by atoms with Crippen molar-refractivity contribution in [2.24, 2.45) is 0 Å². The summed E-state index contributed by atoms with van der Waals surface area (Å²) >= 11 is 0. The molecule has 1 aliphatic rings. The molecule has 0 aliphatic carbocycles. The van der Waals surface area contributed by atoms with Gasteiger partial charge in [0.25, 0.3) is 0 Å². The summed E-state index contributed by atoms with van der Waals surface area (Å²) in [7, 11) is 0. The maximum Gasteiger partial charge on any atom is 0.123 e. The van der Waals surface area contributed by atoms with Crippen molar-refractivity contribution < 1.29 is 4.39 Å². The number of aryl methyl sites for hydroxylation is 1. The van der Waals surface area contributed by atoms with Gasteiger partial charge in [-0.3, -0.25) is 0 Å². The standard InChI is InChI=1S/C18H20FN/c1-14-12-16(19)9-10-18(14)20-11-5-8-17(20)13-15-6-3-2-4-7-15/h2-4,6-7,9-10,12,17H,5,8,11,13H2,1H3. The average molecular weight is 269 g/mol. The predicted molar refractivity (Wildman–Crippen MR) is 81.7 cm³/mol. The topological polar surface area (TPSA) is 3.24 Å². The molecule has 0 spiro atoms. The molecule has 1 nitrogen and oxygen atoms in total. The molecule has 0 radical (unpaired) electrons. The first kappa shape index (κ1) is 13.2. The molecule has 1 aliphatic heterocycles. The minimum absolute atomic E-state index is 0.148. The normalized spacial score (nSPS) is 18.5. The van der Waals surface area contributed by atoms with Gasteiger partial charge in [0.2, 0.25) is 0 Å². The minimum Gasteiger partial charge on any atom is -0.368 e. The van der Waals surface area contributed by atoms with Crippen LogP contribution in [0.3, 0.4) is 0 Å². The van der Waals surface area contributed by atoms with E-state index in [0.29, 0.717) is 6.04 Å². The van der Waals surface area contributed by atoms with Crippen LogP contribution in [0.5, 0.6) is 0 Å². The van der Waals surface area contributed by atoms with E-state index in [-0.39, 0.29) is 5.82 Å². The lowest BCUT2D eigenvalue weighted by Gasteiger charge is -2.28. The maximum atomic E-state index is 13.3. The molecule has 1 atom stereocenters. The molecule has 1 fully saturated rings. The van der Waals surface area contributed by atoms with Gasteiger partial charge < -0.3 is 4.90 Å². The Labute approximate surface area is 120 Å². The summed E-state index contributed by atoms with van der Waals surface area (Å²) in [5.41, 5.74) is 3.60. The first-order chi connectivity index (χ1) is 9.74. The van der Waals surface area contributed by atoms with Crippen LogP contribution in [0.1, 0.15) is 24.0 Å². The number of nitrogens with zero attached hydrogens (tertiary/aromatic N) is 1. The lowest BCUT2D eigenvalue weighted by molar-refractivity contribution is 0.624. The van der Waals surface area contributed by atoms with Gasteiger partial charge in [-0.1, -0.05) is 30.3 Å². The number of benzene rings is 2. The first-order valence-corrected chi connectivity index (χ1v) is 7.31. The van der Waals surface area contributed by atoms with Crippen molar-refractivity contribution in [2.75, 3.05) is 11.4 Å². The van der Waals surface area contributed by atoms with Crippen LogP contribution in [-0.2, 0) is 6.42 Å². The smallest absolute Gasteiger partial charge is 0.123 e. The molecule has 1 unspecified atom stereocenters. The summed E-state index contributed by atoms with van der Waals surface area (Å²) in [6.07, 6.45) is 3.50. The molecule has 2 heteroatoms. The number of hydrogen-bond donors (Lipinski definition) is 0. The molecule has 0 N–H and O–H groups in total. The van der Waals surface area contributed by atoms with E-state index in [9.17, 15) is 4.39 Å². The zero-order valence-corrected chi connectivity index (χ0v) is 11.8. The van der Waals surface area contributed by atoms with Crippen LogP contribution in [0, 0.1) is 12.7 Å². The second kappa shape index (κ2) is 5.66. The van der Waals surface area contributed by atoms with Gasteiger partial charge in [-0.05, 0) is 55.5 Å². The molecule has 20 heavy (non-hydrogen) atoms. The van der Waals surface area contributed by atoms with Crippen molar-refractivity contribution in [3.8, 4) is 0 Å². The monoisotopic (exact) mass is 269 g/mol. The van der Waals surface area contributed by atoms with E-state index in [1.165, 1.54) is 24.1 Å². The molecular formula is C18H20FN. The molecule has 3 rings (SSSR count). The molecule has 104 valence electrons. The fourth-order valence-corrected chi connectivity index (χ4v) is 3.19. The van der Waals surface area contributed by atoms with Crippen molar-refractivity contribution in [1.29, 1.82) is 0 Å². The van der Waals surface area contributed by atoms with Crippen LogP contribution in [0.4, 0.5) is 10.1 Å².